The molecule has 0 aromatic heterocycles. The van der Waals surface area contributed by atoms with E-state index in [1.807, 2.05) is 20.8 Å². The number of hydrogen-bond donors (Lipinski definition) is 2. The highest BCUT2D eigenvalue weighted by Gasteiger charge is 2.35. The zero-order valence-corrected chi connectivity index (χ0v) is 11.4. The Labute approximate surface area is 103 Å². The van der Waals surface area contributed by atoms with Gasteiger partial charge in [0.1, 0.15) is 5.60 Å². The summed E-state index contributed by atoms with van der Waals surface area (Å²) in [6.07, 6.45) is 0.492. The van der Waals surface area contributed by atoms with Crippen molar-refractivity contribution in [2.24, 2.45) is 0 Å². The van der Waals surface area contributed by atoms with Crippen LogP contribution in [0.15, 0.2) is 0 Å². The first-order valence-electron chi connectivity index (χ1n) is 5.98. The van der Waals surface area contributed by atoms with Gasteiger partial charge in [0.25, 0.3) is 0 Å². The molecule has 1 amide bonds. The average molecular weight is 244 g/mol. The van der Waals surface area contributed by atoms with Gasteiger partial charge in [0.05, 0.1) is 6.61 Å². The Kier molecular flexibility index (Phi) is 4.38. The van der Waals surface area contributed by atoms with Gasteiger partial charge in [0.2, 0.25) is 0 Å². The number of methoxy groups -OCH3 is 1. The van der Waals surface area contributed by atoms with Crippen molar-refractivity contribution in [1.29, 1.82) is 0 Å². The minimum Gasteiger partial charge on any atom is -0.444 e. The molecule has 1 aliphatic heterocycles. The first-order valence-corrected chi connectivity index (χ1v) is 5.98. The molecule has 2 N–H and O–H groups in total. The fourth-order valence-electron chi connectivity index (χ4n) is 2.06. The molecule has 5 nitrogen and oxygen atoms in total. The van der Waals surface area contributed by atoms with E-state index < -0.39 is 5.60 Å². The van der Waals surface area contributed by atoms with Crippen LogP contribution in [0.2, 0.25) is 0 Å². The van der Waals surface area contributed by atoms with E-state index in [0.29, 0.717) is 6.61 Å². The molecule has 0 aromatic carbocycles. The summed E-state index contributed by atoms with van der Waals surface area (Å²) in [5.41, 5.74) is -0.514. The molecule has 100 valence electrons. The van der Waals surface area contributed by atoms with Crippen molar-refractivity contribution in [3.8, 4) is 0 Å². The van der Waals surface area contributed by atoms with Crippen LogP contribution in [0.1, 0.15) is 34.1 Å². The summed E-state index contributed by atoms with van der Waals surface area (Å²) in [5, 5.41) is 6.23. The molecule has 0 saturated carbocycles. The van der Waals surface area contributed by atoms with Crippen LogP contribution in [0.4, 0.5) is 4.79 Å². The van der Waals surface area contributed by atoms with Crippen molar-refractivity contribution in [2.75, 3.05) is 20.3 Å². The maximum atomic E-state index is 11.6. The number of alkyl carbamates (subject to hydrolysis) is 1. The van der Waals surface area contributed by atoms with Crippen molar-refractivity contribution in [3.63, 3.8) is 0 Å². The van der Waals surface area contributed by atoms with Crippen LogP contribution in [0.3, 0.4) is 0 Å². The fourth-order valence-corrected chi connectivity index (χ4v) is 2.06. The highest BCUT2D eigenvalue weighted by molar-refractivity contribution is 5.68. The lowest BCUT2D eigenvalue weighted by molar-refractivity contribution is 0.0505. The van der Waals surface area contributed by atoms with Crippen LogP contribution in [-0.2, 0) is 9.47 Å². The van der Waals surface area contributed by atoms with E-state index in [9.17, 15) is 4.79 Å². The molecule has 1 rings (SSSR count). The number of nitrogens with one attached hydrogen (secondary N) is 2. The number of hydrogen-bond acceptors (Lipinski definition) is 4. The molecule has 0 aliphatic carbocycles. The smallest absolute Gasteiger partial charge is 0.407 e. The zero-order chi connectivity index (χ0) is 13.1. The predicted molar refractivity (Wildman–Crippen MR) is 66.1 cm³/mol. The van der Waals surface area contributed by atoms with E-state index >= 15 is 0 Å². The third-order valence-electron chi connectivity index (χ3n) is 2.66. The SMILES string of the molecule is COCC1(C)CC(NC(=O)OC(C)(C)C)CN1. The molecule has 0 aromatic rings. The Hall–Kier alpha value is -0.810. The van der Waals surface area contributed by atoms with Gasteiger partial charge in [-0.2, -0.15) is 0 Å². The minimum atomic E-state index is -0.452. The Morgan fingerprint density at radius 2 is 2.18 bits per heavy atom. The number of carbonyl (C=O) groups is 1. The van der Waals surface area contributed by atoms with Crippen LogP contribution >= 0.6 is 0 Å². The van der Waals surface area contributed by atoms with Gasteiger partial charge in [-0.15, -0.1) is 0 Å². The zero-order valence-electron chi connectivity index (χ0n) is 11.4. The second-order valence-corrected chi connectivity index (χ2v) is 5.92. The standard InChI is InChI=1S/C12H24N2O3/c1-11(2,3)17-10(15)14-9-6-12(4,8-16-5)13-7-9/h9,13H,6-8H2,1-5H3,(H,14,15). The monoisotopic (exact) mass is 244 g/mol. The molecule has 1 aliphatic rings. The van der Waals surface area contributed by atoms with E-state index in [1.165, 1.54) is 0 Å². The Morgan fingerprint density at radius 1 is 1.53 bits per heavy atom. The second-order valence-electron chi connectivity index (χ2n) is 5.92. The fraction of sp³-hybridized carbons (Fsp3) is 0.917. The minimum absolute atomic E-state index is 0.0611. The quantitative estimate of drug-likeness (QED) is 0.785. The summed E-state index contributed by atoms with van der Waals surface area (Å²) >= 11 is 0. The van der Waals surface area contributed by atoms with Gasteiger partial charge >= 0.3 is 6.09 Å². The lowest BCUT2D eigenvalue weighted by atomic mass is 10.00. The molecule has 1 fully saturated rings. The van der Waals surface area contributed by atoms with E-state index in [1.54, 1.807) is 7.11 Å². The third kappa shape index (κ3) is 4.91. The van der Waals surface area contributed by atoms with Gasteiger partial charge in [0, 0.05) is 25.2 Å². The molecule has 2 unspecified atom stereocenters. The van der Waals surface area contributed by atoms with Crippen LogP contribution in [-0.4, -0.2) is 43.5 Å². The predicted octanol–water partition coefficient (Wildman–Crippen LogP) is 1.28. The molecular formula is C12H24N2O3. The summed E-state index contributed by atoms with van der Waals surface area (Å²) in [7, 11) is 1.68. The van der Waals surface area contributed by atoms with Crippen LogP contribution in [0.25, 0.3) is 0 Å². The molecular weight excluding hydrogens is 220 g/mol. The van der Waals surface area contributed by atoms with Crippen LogP contribution in [0.5, 0.6) is 0 Å². The third-order valence-corrected chi connectivity index (χ3v) is 2.66. The second kappa shape index (κ2) is 5.23. The van der Waals surface area contributed by atoms with E-state index in [-0.39, 0.29) is 17.7 Å². The summed E-state index contributed by atoms with van der Waals surface area (Å²) in [6.45, 7) is 9.05. The van der Waals surface area contributed by atoms with Gasteiger partial charge in [-0.05, 0) is 34.1 Å². The molecule has 0 bridgehead atoms. The molecule has 1 saturated heterocycles. The van der Waals surface area contributed by atoms with Crippen LogP contribution in [0, 0.1) is 0 Å². The normalized spacial score (nSPS) is 29.1. The number of carbonyl (C=O) groups excluding carboxylic acids is 1. The summed E-state index contributed by atoms with van der Waals surface area (Å²) in [4.78, 5) is 11.6. The first-order chi connectivity index (χ1) is 7.74. The molecule has 17 heavy (non-hydrogen) atoms. The van der Waals surface area contributed by atoms with Gasteiger partial charge < -0.3 is 20.1 Å². The van der Waals surface area contributed by atoms with Crippen LogP contribution < -0.4 is 10.6 Å². The average Bonchev–Trinajstić information content (AvgIpc) is 2.44. The Balaban J connectivity index is 2.38. The lowest BCUT2D eigenvalue weighted by Gasteiger charge is -2.24. The number of amides is 1. The summed E-state index contributed by atoms with van der Waals surface area (Å²) in [5.74, 6) is 0. The highest BCUT2D eigenvalue weighted by atomic mass is 16.6. The van der Waals surface area contributed by atoms with Crippen molar-refractivity contribution < 1.29 is 14.3 Å². The van der Waals surface area contributed by atoms with E-state index in [4.69, 9.17) is 9.47 Å². The molecule has 2 atom stereocenters. The van der Waals surface area contributed by atoms with Gasteiger partial charge in [0.15, 0.2) is 0 Å². The first kappa shape index (κ1) is 14.3. The summed E-state index contributed by atoms with van der Waals surface area (Å²) in [6, 6.07) is 0.102. The maximum absolute atomic E-state index is 11.6. The largest absolute Gasteiger partial charge is 0.444 e. The Bertz CT molecular complexity index is 275. The van der Waals surface area contributed by atoms with Crippen molar-refractivity contribution in [1.82, 2.24) is 10.6 Å². The molecule has 5 heteroatoms. The summed E-state index contributed by atoms with van der Waals surface area (Å²) < 4.78 is 10.4. The van der Waals surface area contributed by atoms with Gasteiger partial charge in [-0.3, -0.25) is 0 Å². The lowest BCUT2D eigenvalue weighted by Crippen LogP contribution is -2.40. The highest BCUT2D eigenvalue weighted by Crippen LogP contribution is 2.19. The van der Waals surface area contributed by atoms with Crippen molar-refractivity contribution >= 4 is 6.09 Å². The maximum Gasteiger partial charge on any atom is 0.407 e. The molecule has 0 spiro atoms. The van der Waals surface area contributed by atoms with Crippen molar-refractivity contribution in [2.45, 2.75) is 51.3 Å². The van der Waals surface area contributed by atoms with Gasteiger partial charge in [-0.1, -0.05) is 0 Å². The van der Waals surface area contributed by atoms with Crippen molar-refractivity contribution in [3.05, 3.63) is 0 Å². The number of rotatable bonds is 3. The molecule has 0 radical (unpaired) electrons. The molecule has 1 heterocycles. The van der Waals surface area contributed by atoms with E-state index in [0.717, 1.165) is 13.0 Å². The topological polar surface area (TPSA) is 59.6 Å². The number of ether oxygens (including phenoxy) is 2. The van der Waals surface area contributed by atoms with E-state index in [2.05, 4.69) is 17.6 Å². The Morgan fingerprint density at radius 3 is 2.71 bits per heavy atom. The van der Waals surface area contributed by atoms with Gasteiger partial charge in [-0.25, -0.2) is 4.79 Å².